The molecule has 1 aromatic carbocycles. The first-order valence-electron chi connectivity index (χ1n) is 8.53. The van der Waals surface area contributed by atoms with Crippen molar-refractivity contribution in [2.75, 3.05) is 13.1 Å². The standard InChI is InChI=1S/C18H27N3O3/c1-4-5-17(22)21-13(2)10-20(11-14(21)3)12-15-6-8-16(9-7-15)18(23)19-24/h6-9,13-14,24H,4-5,10-12H2,1-3H3,(H,19,23)/t13-,14+. The molecule has 2 N–H and O–H groups in total. The van der Waals surface area contributed by atoms with E-state index in [4.69, 9.17) is 5.21 Å². The number of hydrogen-bond acceptors (Lipinski definition) is 4. The zero-order valence-corrected chi connectivity index (χ0v) is 14.7. The minimum atomic E-state index is -0.508. The van der Waals surface area contributed by atoms with Gasteiger partial charge in [-0.3, -0.25) is 19.7 Å². The van der Waals surface area contributed by atoms with E-state index in [1.807, 2.05) is 24.0 Å². The highest BCUT2D eigenvalue weighted by atomic mass is 16.5. The first kappa shape index (κ1) is 18.4. The van der Waals surface area contributed by atoms with Gasteiger partial charge < -0.3 is 4.90 Å². The van der Waals surface area contributed by atoms with Crippen molar-refractivity contribution in [3.63, 3.8) is 0 Å². The molecule has 2 atom stereocenters. The zero-order valence-electron chi connectivity index (χ0n) is 14.7. The smallest absolute Gasteiger partial charge is 0.274 e. The van der Waals surface area contributed by atoms with Crippen molar-refractivity contribution in [2.24, 2.45) is 0 Å². The summed E-state index contributed by atoms with van der Waals surface area (Å²) in [7, 11) is 0. The maximum atomic E-state index is 12.3. The molecular weight excluding hydrogens is 306 g/mol. The highest BCUT2D eigenvalue weighted by molar-refractivity contribution is 5.93. The van der Waals surface area contributed by atoms with Gasteiger partial charge >= 0.3 is 0 Å². The van der Waals surface area contributed by atoms with Gasteiger partial charge in [-0.1, -0.05) is 19.1 Å². The van der Waals surface area contributed by atoms with E-state index in [2.05, 4.69) is 18.7 Å². The van der Waals surface area contributed by atoms with Gasteiger partial charge in [-0.2, -0.15) is 0 Å². The van der Waals surface area contributed by atoms with Crippen LogP contribution in [0.3, 0.4) is 0 Å². The Hall–Kier alpha value is -1.92. The number of carbonyl (C=O) groups is 2. The number of nitrogens with one attached hydrogen (secondary N) is 1. The summed E-state index contributed by atoms with van der Waals surface area (Å²) in [6.07, 6.45) is 1.50. The molecule has 0 saturated carbocycles. The van der Waals surface area contributed by atoms with Crippen molar-refractivity contribution in [1.82, 2.24) is 15.3 Å². The Morgan fingerprint density at radius 1 is 1.17 bits per heavy atom. The largest absolute Gasteiger partial charge is 0.335 e. The molecule has 6 heteroatoms. The number of hydrogen-bond donors (Lipinski definition) is 2. The lowest BCUT2D eigenvalue weighted by Gasteiger charge is -2.44. The van der Waals surface area contributed by atoms with E-state index in [-0.39, 0.29) is 18.0 Å². The Morgan fingerprint density at radius 3 is 2.25 bits per heavy atom. The molecule has 0 aliphatic carbocycles. The number of carbonyl (C=O) groups excluding carboxylic acids is 2. The third-order valence-electron chi connectivity index (χ3n) is 4.47. The second-order valence-corrected chi connectivity index (χ2v) is 6.58. The second kappa shape index (κ2) is 8.26. The quantitative estimate of drug-likeness (QED) is 0.639. The van der Waals surface area contributed by atoms with Crippen molar-refractivity contribution in [3.8, 4) is 0 Å². The first-order chi connectivity index (χ1) is 11.5. The van der Waals surface area contributed by atoms with Crippen LogP contribution < -0.4 is 5.48 Å². The molecule has 1 fully saturated rings. The Labute approximate surface area is 143 Å². The fraction of sp³-hybridized carbons (Fsp3) is 0.556. The van der Waals surface area contributed by atoms with Crippen LogP contribution in [0.15, 0.2) is 24.3 Å². The topological polar surface area (TPSA) is 72.9 Å². The summed E-state index contributed by atoms with van der Waals surface area (Å²) in [5, 5.41) is 8.64. The predicted octanol–water partition coefficient (Wildman–Crippen LogP) is 2.03. The molecule has 24 heavy (non-hydrogen) atoms. The van der Waals surface area contributed by atoms with Crippen LogP contribution in [0.25, 0.3) is 0 Å². The summed E-state index contributed by atoms with van der Waals surface area (Å²) in [5.74, 6) is -0.261. The van der Waals surface area contributed by atoms with Crippen LogP contribution in [0, 0.1) is 0 Å². The summed E-state index contributed by atoms with van der Waals surface area (Å²) >= 11 is 0. The molecule has 1 aromatic rings. The molecule has 132 valence electrons. The summed E-state index contributed by atoms with van der Waals surface area (Å²) in [4.78, 5) is 28.0. The molecule has 2 amide bonds. The molecule has 1 heterocycles. The van der Waals surface area contributed by atoms with E-state index in [0.29, 0.717) is 12.0 Å². The maximum Gasteiger partial charge on any atom is 0.274 e. The van der Waals surface area contributed by atoms with E-state index in [0.717, 1.165) is 31.6 Å². The van der Waals surface area contributed by atoms with E-state index in [1.165, 1.54) is 0 Å². The number of benzene rings is 1. The van der Waals surface area contributed by atoms with Gasteiger partial charge in [-0.05, 0) is 38.0 Å². The van der Waals surface area contributed by atoms with Crippen LogP contribution in [-0.4, -0.2) is 52.0 Å². The van der Waals surface area contributed by atoms with E-state index in [9.17, 15) is 9.59 Å². The lowest BCUT2D eigenvalue weighted by Crippen LogP contribution is -2.58. The fourth-order valence-electron chi connectivity index (χ4n) is 3.48. The molecule has 1 saturated heterocycles. The molecule has 2 rings (SSSR count). The number of nitrogens with zero attached hydrogens (tertiary/aromatic N) is 2. The molecular formula is C18H27N3O3. The summed E-state index contributed by atoms with van der Waals surface area (Å²) in [6, 6.07) is 7.60. The van der Waals surface area contributed by atoms with E-state index >= 15 is 0 Å². The first-order valence-corrected chi connectivity index (χ1v) is 8.53. The normalized spacial score (nSPS) is 21.6. The molecule has 6 nitrogen and oxygen atoms in total. The average Bonchev–Trinajstić information content (AvgIpc) is 2.54. The summed E-state index contributed by atoms with van der Waals surface area (Å²) in [6.45, 7) is 8.71. The van der Waals surface area contributed by atoms with E-state index in [1.54, 1.807) is 17.6 Å². The molecule has 0 aromatic heterocycles. The van der Waals surface area contributed by atoms with Crippen molar-refractivity contribution in [1.29, 1.82) is 0 Å². The monoisotopic (exact) mass is 333 g/mol. The van der Waals surface area contributed by atoms with Crippen LogP contribution in [-0.2, 0) is 11.3 Å². The predicted molar refractivity (Wildman–Crippen MR) is 91.6 cm³/mol. The van der Waals surface area contributed by atoms with Gasteiger partial charge in [0.2, 0.25) is 5.91 Å². The third kappa shape index (κ3) is 4.33. The number of amides is 2. The van der Waals surface area contributed by atoms with Gasteiger partial charge in [0, 0.05) is 43.7 Å². The number of rotatable bonds is 5. The van der Waals surface area contributed by atoms with Crippen molar-refractivity contribution >= 4 is 11.8 Å². The second-order valence-electron chi connectivity index (χ2n) is 6.58. The van der Waals surface area contributed by atoms with Gasteiger partial charge in [-0.15, -0.1) is 0 Å². The Kier molecular flexibility index (Phi) is 6.34. The molecule has 0 radical (unpaired) electrons. The third-order valence-corrected chi connectivity index (χ3v) is 4.47. The fourth-order valence-corrected chi connectivity index (χ4v) is 3.48. The van der Waals surface area contributed by atoms with E-state index < -0.39 is 5.91 Å². The number of hydroxylamine groups is 1. The lowest BCUT2D eigenvalue weighted by molar-refractivity contribution is -0.139. The van der Waals surface area contributed by atoms with Crippen LogP contribution in [0.2, 0.25) is 0 Å². The van der Waals surface area contributed by atoms with Gasteiger partial charge in [0.15, 0.2) is 0 Å². The average molecular weight is 333 g/mol. The molecule has 0 unspecified atom stereocenters. The van der Waals surface area contributed by atoms with Gasteiger partial charge in [0.1, 0.15) is 0 Å². The van der Waals surface area contributed by atoms with Gasteiger partial charge in [0.25, 0.3) is 5.91 Å². The van der Waals surface area contributed by atoms with Crippen molar-refractivity contribution in [2.45, 2.75) is 52.2 Å². The Morgan fingerprint density at radius 2 is 1.75 bits per heavy atom. The van der Waals surface area contributed by atoms with Crippen LogP contribution >= 0.6 is 0 Å². The molecule has 0 spiro atoms. The number of piperazine rings is 1. The molecule has 1 aliphatic heterocycles. The minimum absolute atomic E-state index is 0.201. The summed E-state index contributed by atoms with van der Waals surface area (Å²) < 4.78 is 0. The van der Waals surface area contributed by atoms with Gasteiger partial charge in [-0.25, -0.2) is 5.48 Å². The van der Waals surface area contributed by atoms with Gasteiger partial charge in [0.05, 0.1) is 0 Å². The Bertz CT molecular complexity index is 561. The highest BCUT2D eigenvalue weighted by Gasteiger charge is 2.32. The van der Waals surface area contributed by atoms with Crippen molar-refractivity contribution < 1.29 is 14.8 Å². The van der Waals surface area contributed by atoms with Crippen LogP contribution in [0.4, 0.5) is 0 Å². The van der Waals surface area contributed by atoms with Crippen molar-refractivity contribution in [3.05, 3.63) is 35.4 Å². The summed E-state index contributed by atoms with van der Waals surface area (Å²) in [5.41, 5.74) is 3.17. The molecule has 0 bridgehead atoms. The lowest BCUT2D eigenvalue weighted by atomic mass is 10.0. The Balaban J connectivity index is 1.97. The molecule has 1 aliphatic rings. The SMILES string of the molecule is CCCC(=O)N1[C@H](C)CN(Cc2ccc(C(=O)NO)cc2)C[C@@H]1C. The van der Waals surface area contributed by atoms with Crippen LogP contribution in [0.5, 0.6) is 0 Å². The minimum Gasteiger partial charge on any atom is -0.335 e. The van der Waals surface area contributed by atoms with Crippen LogP contribution in [0.1, 0.15) is 49.5 Å². The maximum absolute atomic E-state index is 12.3. The zero-order chi connectivity index (χ0) is 17.7. The highest BCUT2D eigenvalue weighted by Crippen LogP contribution is 2.19.